The summed E-state index contributed by atoms with van der Waals surface area (Å²) in [7, 11) is -1.41. The first-order valence-electron chi connectivity index (χ1n) is 5.88. The second kappa shape index (κ2) is 12.0. The molecule has 3 N–H and O–H groups in total. The minimum atomic E-state index is -3.10. The molecule has 0 fully saturated rings. The van der Waals surface area contributed by atoms with Crippen LogP contribution < -0.4 is 15.4 Å². The van der Waals surface area contributed by atoms with Crippen LogP contribution in [0.25, 0.3) is 0 Å². The highest BCUT2D eigenvalue weighted by Gasteiger charge is 2.00. The molecule has 0 aliphatic carbocycles. The second-order valence-corrected chi connectivity index (χ2v) is 5.63. The van der Waals surface area contributed by atoms with E-state index in [1.807, 2.05) is 0 Å². The Kier molecular flexibility index (Phi) is 13.5. The normalized spacial score (nSPS) is 11.8. The van der Waals surface area contributed by atoms with E-state index in [-0.39, 0.29) is 24.0 Å². The van der Waals surface area contributed by atoms with Gasteiger partial charge in [-0.1, -0.05) is 19.8 Å². The first-order chi connectivity index (χ1) is 7.99. The summed E-state index contributed by atoms with van der Waals surface area (Å²) in [4.78, 5) is 4.04. The lowest BCUT2D eigenvalue weighted by Crippen LogP contribution is -2.41. The third-order valence-electron chi connectivity index (χ3n) is 2.08. The van der Waals surface area contributed by atoms with Crippen molar-refractivity contribution in [3.8, 4) is 0 Å². The van der Waals surface area contributed by atoms with Crippen LogP contribution in [0.3, 0.4) is 0 Å². The molecule has 6 nitrogen and oxygen atoms in total. The van der Waals surface area contributed by atoms with Crippen LogP contribution in [0.2, 0.25) is 0 Å². The standard InChI is InChI=1S/C10H24N4O2S.HI/c1-4-5-6-7-12-10(11-2)13-8-9-14-17(3,15)16;/h14H,4-9H2,1-3H3,(H2,11,12,13);1H. The van der Waals surface area contributed by atoms with Crippen molar-refractivity contribution in [3.05, 3.63) is 0 Å². The molecule has 0 saturated carbocycles. The van der Waals surface area contributed by atoms with E-state index in [1.54, 1.807) is 7.05 Å². The van der Waals surface area contributed by atoms with Crippen LogP contribution in [0.15, 0.2) is 4.99 Å². The lowest BCUT2D eigenvalue weighted by atomic mass is 10.2. The zero-order chi connectivity index (χ0) is 13.1. The highest BCUT2D eigenvalue weighted by Crippen LogP contribution is 1.90. The molecule has 0 aromatic heterocycles. The first kappa shape index (κ1) is 20.2. The molecule has 0 aliphatic heterocycles. The molecular weight excluding hydrogens is 367 g/mol. The highest BCUT2D eigenvalue weighted by atomic mass is 127. The zero-order valence-corrected chi connectivity index (χ0v) is 14.5. The van der Waals surface area contributed by atoms with E-state index in [4.69, 9.17) is 0 Å². The number of guanidine groups is 1. The summed E-state index contributed by atoms with van der Waals surface area (Å²) >= 11 is 0. The molecule has 0 rings (SSSR count). The summed E-state index contributed by atoms with van der Waals surface area (Å²) in [5.41, 5.74) is 0. The maximum absolute atomic E-state index is 10.8. The summed E-state index contributed by atoms with van der Waals surface area (Å²) in [6.07, 6.45) is 4.63. The van der Waals surface area contributed by atoms with Gasteiger partial charge in [0.05, 0.1) is 6.26 Å². The van der Waals surface area contributed by atoms with Crippen LogP contribution in [0, 0.1) is 0 Å². The predicted molar refractivity (Wildman–Crippen MR) is 87.2 cm³/mol. The molecule has 0 aromatic rings. The fraction of sp³-hybridized carbons (Fsp3) is 0.900. The lowest BCUT2D eigenvalue weighted by molar-refractivity contribution is 0.586. The monoisotopic (exact) mass is 392 g/mol. The van der Waals surface area contributed by atoms with Crippen molar-refractivity contribution in [2.45, 2.75) is 26.2 Å². The molecule has 0 amide bonds. The van der Waals surface area contributed by atoms with Gasteiger partial charge in [0, 0.05) is 26.7 Å². The number of halogens is 1. The third kappa shape index (κ3) is 14.0. The minimum Gasteiger partial charge on any atom is -0.356 e. The molecule has 110 valence electrons. The summed E-state index contributed by atoms with van der Waals surface area (Å²) in [6.45, 7) is 3.91. The third-order valence-corrected chi connectivity index (χ3v) is 2.81. The fourth-order valence-corrected chi connectivity index (χ4v) is 1.69. The number of hydrogen-bond donors (Lipinski definition) is 3. The number of nitrogens with one attached hydrogen (secondary N) is 3. The summed E-state index contributed by atoms with van der Waals surface area (Å²) in [5.74, 6) is 0.705. The molecule has 0 aromatic carbocycles. The van der Waals surface area contributed by atoms with Gasteiger partial charge < -0.3 is 10.6 Å². The number of hydrogen-bond acceptors (Lipinski definition) is 3. The molecule has 0 radical (unpaired) electrons. The van der Waals surface area contributed by atoms with Gasteiger partial charge in [0.1, 0.15) is 0 Å². The van der Waals surface area contributed by atoms with Gasteiger partial charge in [0.15, 0.2) is 5.96 Å². The van der Waals surface area contributed by atoms with Crippen LogP contribution in [0.4, 0.5) is 0 Å². The van der Waals surface area contributed by atoms with Gasteiger partial charge in [-0.05, 0) is 6.42 Å². The Bertz CT molecular complexity index is 320. The number of nitrogens with zero attached hydrogens (tertiary/aromatic N) is 1. The molecule has 18 heavy (non-hydrogen) atoms. The van der Waals surface area contributed by atoms with Crippen molar-refractivity contribution < 1.29 is 8.42 Å². The van der Waals surface area contributed by atoms with E-state index in [0.717, 1.165) is 19.2 Å². The van der Waals surface area contributed by atoms with E-state index < -0.39 is 10.0 Å². The van der Waals surface area contributed by atoms with Crippen LogP contribution in [0.5, 0.6) is 0 Å². The quantitative estimate of drug-likeness (QED) is 0.243. The zero-order valence-electron chi connectivity index (χ0n) is 11.3. The van der Waals surface area contributed by atoms with Crippen molar-refractivity contribution in [2.75, 3.05) is 32.9 Å². The SMILES string of the molecule is CCCCCNC(=NC)NCCNS(C)(=O)=O.I. The molecule has 0 saturated heterocycles. The van der Waals surface area contributed by atoms with Crippen LogP contribution in [-0.2, 0) is 10.0 Å². The van der Waals surface area contributed by atoms with Gasteiger partial charge in [0.2, 0.25) is 10.0 Å². The second-order valence-electron chi connectivity index (χ2n) is 3.80. The molecule has 0 heterocycles. The molecule has 0 bridgehead atoms. The summed E-state index contributed by atoms with van der Waals surface area (Å²) in [6, 6.07) is 0. The maximum Gasteiger partial charge on any atom is 0.208 e. The average Bonchev–Trinajstić information content (AvgIpc) is 2.25. The van der Waals surface area contributed by atoms with Gasteiger partial charge in [-0.15, -0.1) is 24.0 Å². The Morgan fingerprint density at radius 1 is 1.11 bits per heavy atom. The Hall–Kier alpha value is -0.0900. The Labute approximate surface area is 127 Å². The van der Waals surface area contributed by atoms with Crippen molar-refractivity contribution in [1.29, 1.82) is 0 Å². The number of unbranched alkanes of at least 4 members (excludes halogenated alkanes) is 2. The fourth-order valence-electron chi connectivity index (χ4n) is 1.22. The van der Waals surface area contributed by atoms with Gasteiger partial charge in [-0.25, -0.2) is 13.1 Å². The Morgan fingerprint density at radius 2 is 1.72 bits per heavy atom. The average molecular weight is 392 g/mol. The van der Waals surface area contributed by atoms with Crippen molar-refractivity contribution in [3.63, 3.8) is 0 Å². The molecule has 0 unspecified atom stereocenters. The van der Waals surface area contributed by atoms with Crippen molar-refractivity contribution >= 4 is 40.0 Å². The molecule has 8 heteroatoms. The van der Waals surface area contributed by atoms with E-state index in [9.17, 15) is 8.42 Å². The molecule has 0 spiro atoms. The van der Waals surface area contributed by atoms with E-state index in [2.05, 4.69) is 27.3 Å². The van der Waals surface area contributed by atoms with Gasteiger partial charge in [-0.3, -0.25) is 4.99 Å². The largest absolute Gasteiger partial charge is 0.356 e. The van der Waals surface area contributed by atoms with Crippen molar-refractivity contribution in [2.24, 2.45) is 4.99 Å². The maximum atomic E-state index is 10.8. The van der Waals surface area contributed by atoms with E-state index in [0.29, 0.717) is 19.0 Å². The number of sulfonamides is 1. The topological polar surface area (TPSA) is 82.6 Å². The number of aliphatic imine (C=N–C) groups is 1. The molecule has 0 aliphatic rings. The minimum absolute atomic E-state index is 0. The van der Waals surface area contributed by atoms with E-state index in [1.165, 1.54) is 12.8 Å². The number of rotatable bonds is 8. The van der Waals surface area contributed by atoms with Crippen LogP contribution >= 0.6 is 24.0 Å². The van der Waals surface area contributed by atoms with Crippen LogP contribution in [-0.4, -0.2) is 47.3 Å². The first-order valence-corrected chi connectivity index (χ1v) is 7.78. The summed E-state index contributed by atoms with van der Waals surface area (Å²) < 4.78 is 24.0. The summed E-state index contributed by atoms with van der Waals surface area (Å²) in [5, 5.41) is 6.19. The van der Waals surface area contributed by atoms with E-state index >= 15 is 0 Å². The lowest BCUT2D eigenvalue weighted by Gasteiger charge is -2.11. The highest BCUT2D eigenvalue weighted by molar-refractivity contribution is 14.0. The van der Waals surface area contributed by atoms with Crippen molar-refractivity contribution in [1.82, 2.24) is 15.4 Å². The van der Waals surface area contributed by atoms with Gasteiger partial charge >= 0.3 is 0 Å². The molecule has 0 atom stereocenters. The van der Waals surface area contributed by atoms with Gasteiger partial charge in [0.25, 0.3) is 0 Å². The Balaban J connectivity index is 0. The predicted octanol–water partition coefficient (Wildman–Crippen LogP) is 0.509. The smallest absolute Gasteiger partial charge is 0.208 e. The van der Waals surface area contributed by atoms with Gasteiger partial charge in [-0.2, -0.15) is 0 Å². The van der Waals surface area contributed by atoms with Crippen LogP contribution in [0.1, 0.15) is 26.2 Å². The Morgan fingerprint density at radius 3 is 2.22 bits per heavy atom. The molecular formula is C10H25IN4O2S.